The summed E-state index contributed by atoms with van der Waals surface area (Å²) in [6, 6.07) is 2.91. The summed E-state index contributed by atoms with van der Waals surface area (Å²) in [4.78, 5) is 24.3. The van der Waals surface area contributed by atoms with Crippen molar-refractivity contribution in [3.63, 3.8) is 0 Å². The number of aliphatic hydroxyl groups is 1. The van der Waals surface area contributed by atoms with E-state index in [1.807, 2.05) is 0 Å². The Balaban J connectivity index is 2.18. The van der Waals surface area contributed by atoms with Gasteiger partial charge < -0.3 is 20.4 Å². The summed E-state index contributed by atoms with van der Waals surface area (Å²) in [6.45, 7) is 2.05. The summed E-state index contributed by atoms with van der Waals surface area (Å²) in [5.74, 6) is -2.14. The van der Waals surface area contributed by atoms with E-state index in [1.165, 1.54) is 17.0 Å². The molecule has 3 N–H and O–H groups in total. The predicted molar refractivity (Wildman–Crippen MR) is 69.2 cm³/mol. The molecule has 1 saturated heterocycles. The van der Waals surface area contributed by atoms with Crippen molar-refractivity contribution in [1.29, 1.82) is 0 Å². The number of urea groups is 1. The van der Waals surface area contributed by atoms with E-state index in [-0.39, 0.29) is 17.8 Å². The third-order valence-corrected chi connectivity index (χ3v) is 3.21. The molecule has 108 valence electrons. The molecule has 0 spiro atoms. The molecule has 0 aliphatic carbocycles. The Labute approximate surface area is 114 Å². The number of carbonyl (C=O) groups excluding carboxylic acids is 1. The van der Waals surface area contributed by atoms with Crippen molar-refractivity contribution in [3.8, 4) is 0 Å². The van der Waals surface area contributed by atoms with E-state index in [0.717, 1.165) is 6.07 Å². The van der Waals surface area contributed by atoms with Gasteiger partial charge in [-0.25, -0.2) is 14.0 Å². The molecule has 1 atom stereocenters. The number of amides is 2. The number of carbonyl (C=O) groups is 2. The van der Waals surface area contributed by atoms with Gasteiger partial charge in [0.25, 0.3) is 0 Å². The molecular weight excluding hydrogens is 267 g/mol. The largest absolute Gasteiger partial charge is 0.478 e. The molecule has 6 nitrogen and oxygen atoms in total. The number of β-amino-alcohol motifs (C(OH)–C–C–N with tert-alkyl or cyclic N) is 1. The lowest BCUT2D eigenvalue weighted by molar-refractivity contribution is 0.0695. The maximum atomic E-state index is 13.7. The zero-order valence-electron chi connectivity index (χ0n) is 10.9. The normalized spacial score (nSPS) is 21.9. The lowest BCUT2D eigenvalue weighted by Gasteiger charge is -2.20. The van der Waals surface area contributed by atoms with E-state index in [1.54, 1.807) is 6.92 Å². The first-order chi connectivity index (χ1) is 9.30. The van der Waals surface area contributed by atoms with Crippen LogP contribution in [0.2, 0.25) is 0 Å². The lowest BCUT2D eigenvalue weighted by Crippen LogP contribution is -2.37. The van der Waals surface area contributed by atoms with E-state index >= 15 is 0 Å². The van der Waals surface area contributed by atoms with Gasteiger partial charge in [-0.3, -0.25) is 0 Å². The van der Waals surface area contributed by atoms with Gasteiger partial charge in [-0.1, -0.05) is 6.07 Å². The number of rotatable bonds is 2. The van der Waals surface area contributed by atoms with Crippen LogP contribution in [-0.4, -0.2) is 45.8 Å². The highest BCUT2D eigenvalue weighted by molar-refractivity contribution is 6.00. The SMILES string of the molecule is CC1(O)CCN(C(=O)Nc2c(F)cccc2C(=O)O)C1. The minimum atomic E-state index is -1.33. The topological polar surface area (TPSA) is 89.9 Å². The summed E-state index contributed by atoms with van der Waals surface area (Å²) in [6.07, 6.45) is 0.420. The second-order valence-electron chi connectivity index (χ2n) is 5.07. The maximum Gasteiger partial charge on any atom is 0.337 e. The Kier molecular flexibility index (Phi) is 3.63. The number of para-hydroxylation sites is 1. The molecule has 1 aromatic carbocycles. The van der Waals surface area contributed by atoms with Crippen LogP contribution >= 0.6 is 0 Å². The number of carboxylic acid groups (broad SMARTS) is 1. The molecule has 0 aromatic heterocycles. The van der Waals surface area contributed by atoms with Crippen LogP contribution in [0.4, 0.5) is 14.9 Å². The fraction of sp³-hybridized carbons (Fsp3) is 0.385. The number of likely N-dealkylation sites (tertiary alicyclic amines) is 1. The number of nitrogens with one attached hydrogen (secondary N) is 1. The van der Waals surface area contributed by atoms with Crippen molar-refractivity contribution in [2.75, 3.05) is 18.4 Å². The molecule has 20 heavy (non-hydrogen) atoms. The minimum absolute atomic E-state index is 0.121. The van der Waals surface area contributed by atoms with Gasteiger partial charge in [0.1, 0.15) is 5.82 Å². The monoisotopic (exact) mass is 282 g/mol. The van der Waals surface area contributed by atoms with Gasteiger partial charge in [-0.2, -0.15) is 0 Å². The van der Waals surface area contributed by atoms with Crippen LogP contribution in [0.25, 0.3) is 0 Å². The molecular formula is C13H15FN2O4. The number of benzene rings is 1. The third-order valence-electron chi connectivity index (χ3n) is 3.21. The summed E-state index contributed by atoms with van der Waals surface area (Å²) in [7, 11) is 0. The Morgan fingerprint density at radius 3 is 2.70 bits per heavy atom. The Morgan fingerprint density at radius 1 is 1.45 bits per heavy atom. The minimum Gasteiger partial charge on any atom is -0.478 e. The van der Waals surface area contributed by atoms with Gasteiger partial charge in [-0.15, -0.1) is 0 Å². The highest BCUT2D eigenvalue weighted by Gasteiger charge is 2.34. The van der Waals surface area contributed by atoms with Gasteiger partial charge in [0, 0.05) is 6.54 Å². The Hall–Kier alpha value is -2.15. The summed E-state index contributed by atoms with van der Waals surface area (Å²) in [5, 5.41) is 21.0. The molecule has 0 saturated carbocycles. The average molecular weight is 282 g/mol. The molecule has 0 bridgehead atoms. The predicted octanol–water partition coefficient (Wildman–Crippen LogP) is 1.51. The van der Waals surface area contributed by atoms with Crippen molar-refractivity contribution >= 4 is 17.7 Å². The van der Waals surface area contributed by atoms with E-state index in [4.69, 9.17) is 5.11 Å². The zero-order chi connectivity index (χ0) is 14.9. The summed E-state index contributed by atoms with van der Waals surface area (Å²) in [5.41, 5.74) is -1.65. The number of anilines is 1. The molecule has 2 rings (SSSR count). The van der Waals surface area contributed by atoms with Crippen LogP contribution in [0, 0.1) is 5.82 Å². The van der Waals surface area contributed by atoms with Crippen LogP contribution in [0.1, 0.15) is 23.7 Å². The number of carboxylic acids is 1. The van der Waals surface area contributed by atoms with Crippen LogP contribution in [0.15, 0.2) is 18.2 Å². The van der Waals surface area contributed by atoms with E-state index < -0.39 is 23.4 Å². The molecule has 2 amide bonds. The number of nitrogens with zero attached hydrogens (tertiary/aromatic N) is 1. The van der Waals surface area contributed by atoms with Crippen LogP contribution in [0.3, 0.4) is 0 Å². The number of halogens is 1. The maximum absolute atomic E-state index is 13.7. The quantitative estimate of drug-likeness (QED) is 0.767. The van der Waals surface area contributed by atoms with Crippen LogP contribution in [0.5, 0.6) is 0 Å². The highest BCUT2D eigenvalue weighted by atomic mass is 19.1. The second-order valence-corrected chi connectivity index (χ2v) is 5.07. The smallest absolute Gasteiger partial charge is 0.337 e. The van der Waals surface area contributed by atoms with Gasteiger partial charge in [0.15, 0.2) is 0 Å². The van der Waals surface area contributed by atoms with Crippen molar-refractivity contribution < 1.29 is 24.2 Å². The van der Waals surface area contributed by atoms with Gasteiger partial charge in [0.05, 0.1) is 23.4 Å². The standard InChI is InChI=1S/C13H15FN2O4/c1-13(20)5-6-16(7-13)12(19)15-10-8(11(17)18)3-2-4-9(10)14/h2-4,20H,5-7H2,1H3,(H,15,19)(H,17,18). The third kappa shape index (κ3) is 2.88. The van der Waals surface area contributed by atoms with E-state index in [2.05, 4.69) is 5.32 Å². The fourth-order valence-electron chi connectivity index (χ4n) is 2.13. The molecule has 1 unspecified atom stereocenters. The van der Waals surface area contributed by atoms with Crippen molar-refractivity contribution in [3.05, 3.63) is 29.6 Å². The van der Waals surface area contributed by atoms with Crippen molar-refractivity contribution in [2.45, 2.75) is 18.9 Å². The van der Waals surface area contributed by atoms with Gasteiger partial charge in [0.2, 0.25) is 0 Å². The Bertz CT molecular complexity index is 559. The zero-order valence-corrected chi connectivity index (χ0v) is 10.9. The van der Waals surface area contributed by atoms with Crippen molar-refractivity contribution in [1.82, 2.24) is 4.90 Å². The van der Waals surface area contributed by atoms with Crippen molar-refractivity contribution in [2.24, 2.45) is 0 Å². The van der Waals surface area contributed by atoms with Crippen LogP contribution in [-0.2, 0) is 0 Å². The summed E-state index contributed by atoms with van der Waals surface area (Å²) < 4.78 is 13.7. The number of aromatic carboxylic acids is 1. The lowest BCUT2D eigenvalue weighted by atomic mass is 10.1. The van der Waals surface area contributed by atoms with Crippen LogP contribution < -0.4 is 5.32 Å². The van der Waals surface area contributed by atoms with Gasteiger partial charge >= 0.3 is 12.0 Å². The average Bonchev–Trinajstić information content (AvgIpc) is 2.72. The first-order valence-electron chi connectivity index (χ1n) is 6.10. The number of hydrogen-bond donors (Lipinski definition) is 3. The second kappa shape index (κ2) is 5.09. The van der Waals surface area contributed by atoms with E-state index in [9.17, 15) is 19.1 Å². The molecule has 7 heteroatoms. The Morgan fingerprint density at radius 2 is 2.15 bits per heavy atom. The molecule has 0 radical (unpaired) electrons. The summed E-state index contributed by atoms with van der Waals surface area (Å²) >= 11 is 0. The molecule has 1 heterocycles. The van der Waals surface area contributed by atoms with E-state index in [0.29, 0.717) is 13.0 Å². The molecule has 1 aliphatic rings. The molecule has 1 aliphatic heterocycles. The molecule has 1 fully saturated rings. The number of hydrogen-bond acceptors (Lipinski definition) is 3. The highest BCUT2D eigenvalue weighted by Crippen LogP contribution is 2.24. The fourth-order valence-corrected chi connectivity index (χ4v) is 2.13. The van der Waals surface area contributed by atoms with Gasteiger partial charge in [-0.05, 0) is 25.5 Å². The first kappa shape index (κ1) is 14.3. The first-order valence-corrected chi connectivity index (χ1v) is 6.10. The molecule has 1 aromatic rings.